The van der Waals surface area contributed by atoms with Crippen LogP contribution in [0, 0.1) is 18.3 Å². The Morgan fingerprint density at radius 1 is 1.12 bits per heavy atom. The average molecular weight is 431 g/mol. The summed E-state index contributed by atoms with van der Waals surface area (Å²) in [5.41, 5.74) is 15.4. The molecule has 8 nitrogen and oxygen atoms in total. The van der Waals surface area contributed by atoms with E-state index >= 15 is 0 Å². The molecule has 0 bridgehead atoms. The molecule has 3 heterocycles. The summed E-state index contributed by atoms with van der Waals surface area (Å²) < 4.78 is 1.96. The Morgan fingerprint density at radius 2 is 1.97 bits per heavy atom. The summed E-state index contributed by atoms with van der Waals surface area (Å²) in [5, 5.41) is 23.8. The van der Waals surface area contributed by atoms with Gasteiger partial charge in [0.25, 0.3) is 0 Å². The molecule has 5 atom stereocenters. The number of pyridine rings is 1. The lowest BCUT2D eigenvalue weighted by atomic mass is 9.91. The third-order valence-corrected chi connectivity index (χ3v) is 7.71. The molecule has 32 heavy (non-hydrogen) atoms. The maximum Gasteiger partial charge on any atom is 0.145 e. The lowest BCUT2D eigenvalue weighted by molar-refractivity contribution is -0.0191. The van der Waals surface area contributed by atoms with Gasteiger partial charge < -0.3 is 26.2 Å². The van der Waals surface area contributed by atoms with Gasteiger partial charge in [-0.3, -0.25) is 0 Å². The Morgan fingerprint density at radius 3 is 2.81 bits per heavy atom. The molecule has 164 valence electrons. The summed E-state index contributed by atoms with van der Waals surface area (Å²) in [5.74, 6) is 1.16. The van der Waals surface area contributed by atoms with Gasteiger partial charge in [-0.05, 0) is 61.4 Å². The molecule has 6 N–H and O–H groups in total. The Labute approximate surface area is 184 Å². The van der Waals surface area contributed by atoms with Crippen molar-refractivity contribution in [2.45, 2.75) is 44.4 Å². The molecule has 8 heteroatoms. The number of hydrogen-bond acceptors (Lipinski definition) is 7. The normalized spacial score (nSPS) is 29.0. The van der Waals surface area contributed by atoms with Crippen LogP contribution in [0.5, 0.6) is 0 Å². The van der Waals surface area contributed by atoms with Gasteiger partial charge in [-0.1, -0.05) is 12.1 Å². The molecule has 2 saturated carbocycles. The molecular weight excluding hydrogens is 404 g/mol. The highest BCUT2D eigenvalue weighted by Crippen LogP contribution is 2.69. The van der Waals surface area contributed by atoms with Crippen LogP contribution in [0.1, 0.15) is 30.0 Å². The van der Waals surface area contributed by atoms with E-state index in [1.807, 2.05) is 23.8 Å². The molecule has 0 spiro atoms. The zero-order valence-electron chi connectivity index (χ0n) is 17.8. The highest BCUT2D eigenvalue weighted by Gasteiger charge is 2.70. The fraction of sp³-hybridized carbons (Fsp3) is 0.375. The maximum absolute atomic E-state index is 11.0. The van der Waals surface area contributed by atoms with E-state index in [-0.39, 0.29) is 17.4 Å². The number of aliphatic hydroxyl groups is 2. The van der Waals surface area contributed by atoms with Crippen molar-refractivity contribution in [1.29, 1.82) is 0 Å². The van der Waals surface area contributed by atoms with Crippen molar-refractivity contribution in [1.82, 2.24) is 19.5 Å². The van der Waals surface area contributed by atoms with Crippen molar-refractivity contribution in [3.63, 3.8) is 0 Å². The lowest BCUT2D eigenvalue weighted by Gasteiger charge is -2.24. The third-order valence-electron chi connectivity index (χ3n) is 7.71. The fourth-order valence-electron chi connectivity index (χ4n) is 5.81. The molecule has 6 rings (SSSR count). The summed E-state index contributed by atoms with van der Waals surface area (Å²) >= 11 is 0. The van der Waals surface area contributed by atoms with Crippen LogP contribution in [-0.4, -0.2) is 41.9 Å². The molecular formula is C24H26N6O2. The van der Waals surface area contributed by atoms with E-state index in [9.17, 15) is 10.2 Å². The molecule has 1 aromatic carbocycles. The second-order valence-electron chi connectivity index (χ2n) is 9.41. The van der Waals surface area contributed by atoms with Gasteiger partial charge in [0.05, 0.1) is 23.0 Å². The summed E-state index contributed by atoms with van der Waals surface area (Å²) in [6.07, 6.45) is 4.21. The van der Waals surface area contributed by atoms with Gasteiger partial charge >= 0.3 is 0 Å². The number of anilines is 2. The topological polar surface area (TPSA) is 136 Å². The first kappa shape index (κ1) is 19.5. The van der Waals surface area contributed by atoms with Crippen LogP contribution >= 0.6 is 0 Å². The molecule has 0 unspecified atom stereocenters. The molecule has 0 aliphatic heterocycles. The van der Waals surface area contributed by atoms with Crippen molar-refractivity contribution in [2.75, 3.05) is 11.5 Å². The van der Waals surface area contributed by atoms with E-state index in [4.69, 9.17) is 11.5 Å². The number of nitrogens with zero attached hydrogens (tertiary/aromatic N) is 4. The summed E-state index contributed by atoms with van der Waals surface area (Å²) in [4.78, 5) is 12.9. The van der Waals surface area contributed by atoms with Crippen LogP contribution in [0.15, 0.2) is 42.9 Å². The lowest BCUT2D eigenvalue weighted by Crippen LogP contribution is -2.34. The maximum atomic E-state index is 11.0. The first-order valence-corrected chi connectivity index (χ1v) is 11.0. The molecule has 2 aliphatic rings. The predicted octanol–water partition coefficient (Wildman–Crippen LogP) is 2.37. The molecule has 2 fully saturated rings. The second-order valence-corrected chi connectivity index (χ2v) is 9.41. The quantitative estimate of drug-likeness (QED) is 0.390. The molecule has 4 aromatic rings. The first-order chi connectivity index (χ1) is 15.4. The Hall–Kier alpha value is -3.23. The zero-order valence-corrected chi connectivity index (χ0v) is 17.8. The number of fused-ring (bicyclic) bond motifs is 3. The number of benzene rings is 1. The summed E-state index contributed by atoms with van der Waals surface area (Å²) in [7, 11) is 0. The molecule has 0 saturated heterocycles. The Balaban J connectivity index is 1.26. The SMILES string of the molecule is Cc1cc2ccc(CC[C@]34C[C@@H]3[C@@H](n3ccc5c(N)ncnc53)[C@H](O)[C@@H]4O)cc2nc1N. The Kier molecular flexibility index (Phi) is 4.03. The molecule has 0 amide bonds. The summed E-state index contributed by atoms with van der Waals surface area (Å²) in [6, 6.07) is 9.97. The number of aryl methyl sites for hydroxylation is 2. The van der Waals surface area contributed by atoms with Crippen LogP contribution < -0.4 is 11.5 Å². The first-order valence-electron chi connectivity index (χ1n) is 11.0. The Bertz CT molecular complexity index is 1370. The van der Waals surface area contributed by atoms with Crippen LogP contribution in [0.2, 0.25) is 0 Å². The van der Waals surface area contributed by atoms with Crippen LogP contribution in [-0.2, 0) is 6.42 Å². The minimum absolute atomic E-state index is 0.191. The van der Waals surface area contributed by atoms with E-state index < -0.39 is 12.2 Å². The van der Waals surface area contributed by atoms with Gasteiger partial charge in [0.15, 0.2) is 0 Å². The van der Waals surface area contributed by atoms with Crippen molar-refractivity contribution >= 4 is 33.6 Å². The van der Waals surface area contributed by atoms with Crippen molar-refractivity contribution in [3.05, 3.63) is 54.0 Å². The van der Waals surface area contributed by atoms with E-state index in [0.29, 0.717) is 17.3 Å². The van der Waals surface area contributed by atoms with Crippen LogP contribution in [0.4, 0.5) is 11.6 Å². The van der Waals surface area contributed by atoms with Gasteiger partial charge in [0, 0.05) is 17.0 Å². The van der Waals surface area contributed by atoms with E-state index in [2.05, 4.69) is 39.2 Å². The average Bonchev–Trinajstić information content (AvgIpc) is 3.27. The monoisotopic (exact) mass is 430 g/mol. The van der Waals surface area contributed by atoms with Crippen LogP contribution in [0.25, 0.3) is 21.9 Å². The third kappa shape index (κ3) is 2.66. The number of rotatable bonds is 4. The minimum Gasteiger partial charge on any atom is -0.390 e. The molecule has 3 aromatic heterocycles. The number of aliphatic hydroxyl groups excluding tert-OH is 2. The van der Waals surface area contributed by atoms with Crippen molar-refractivity contribution < 1.29 is 10.2 Å². The largest absolute Gasteiger partial charge is 0.390 e. The van der Waals surface area contributed by atoms with Crippen molar-refractivity contribution in [2.24, 2.45) is 11.3 Å². The van der Waals surface area contributed by atoms with E-state index in [1.54, 1.807) is 0 Å². The van der Waals surface area contributed by atoms with Gasteiger partial charge in [-0.2, -0.15) is 0 Å². The minimum atomic E-state index is -0.846. The standard InChI is InChI=1S/C24H26N6O2/c1-12-8-14-3-2-13(9-17(14)29-21(12)25)4-6-24-10-16(24)18(19(31)20(24)32)30-7-5-15-22(26)27-11-28-23(15)30/h2-3,5,7-9,11,16,18-20,31-32H,4,6,10H2,1H3,(H2,25,29)(H2,26,27,28)/t16-,18-,19+,20+,24+/m1/s1. The highest BCUT2D eigenvalue weighted by atomic mass is 16.3. The summed E-state index contributed by atoms with van der Waals surface area (Å²) in [6.45, 7) is 1.96. The van der Waals surface area contributed by atoms with E-state index in [1.165, 1.54) is 6.33 Å². The van der Waals surface area contributed by atoms with Gasteiger partial charge in [0.2, 0.25) is 0 Å². The number of nitrogen functional groups attached to an aromatic ring is 2. The molecule has 0 radical (unpaired) electrons. The number of aromatic nitrogens is 4. The number of hydrogen-bond donors (Lipinski definition) is 4. The van der Waals surface area contributed by atoms with Gasteiger partial charge in [0.1, 0.15) is 29.7 Å². The number of nitrogens with two attached hydrogens (primary N) is 2. The van der Waals surface area contributed by atoms with Crippen molar-refractivity contribution in [3.8, 4) is 0 Å². The van der Waals surface area contributed by atoms with Crippen LogP contribution in [0.3, 0.4) is 0 Å². The highest BCUT2D eigenvalue weighted by molar-refractivity contribution is 5.86. The van der Waals surface area contributed by atoms with E-state index in [0.717, 1.165) is 46.7 Å². The second kappa shape index (κ2) is 6.63. The predicted molar refractivity (Wildman–Crippen MR) is 123 cm³/mol. The fourth-order valence-corrected chi connectivity index (χ4v) is 5.81. The zero-order chi connectivity index (χ0) is 22.2. The smallest absolute Gasteiger partial charge is 0.145 e. The van der Waals surface area contributed by atoms with Gasteiger partial charge in [-0.25, -0.2) is 15.0 Å². The van der Waals surface area contributed by atoms with Gasteiger partial charge in [-0.15, -0.1) is 0 Å². The molecule has 2 aliphatic carbocycles.